The van der Waals surface area contributed by atoms with Crippen LogP contribution < -0.4 is 4.72 Å². The van der Waals surface area contributed by atoms with Crippen LogP contribution >= 0.6 is 0 Å². The number of carbonyl (C=O) groups excluding carboxylic acids is 1. The Morgan fingerprint density at radius 1 is 1.40 bits per heavy atom. The summed E-state index contributed by atoms with van der Waals surface area (Å²) in [4.78, 5) is 13.3. The van der Waals surface area contributed by atoms with E-state index in [2.05, 4.69) is 9.88 Å². The molecule has 1 heterocycles. The van der Waals surface area contributed by atoms with Crippen molar-refractivity contribution in [3.8, 4) is 0 Å². The summed E-state index contributed by atoms with van der Waals surface area (Å²) in [5.74, 6) is -0.0597. The zero-order valence-corrected chi connectivity index (χ0v) is 13.1. The molecule has 0 atom stereocenters. The van der Waals surface area contributed by atoms with E-state index in [1.165, 1.54) is 11.8 Å². The normalized spacial score (nSPS) is 11.6. The molecule has 0 radical (unpaired) electrons. The summed E-state index contributed by atoms with van der Waals surface area (Å²) < 4.78 is 31.3. The van der Waals surface area contributed by atoms with Gasteiger partial charge in [0.1, 0.15) is 10.6 Å². The van der Waals surface area contributed by atoms with Gasteiger partial charge in [0.15, 0.2) is 5.76 Å². The topological polar surface area (TPSA) is 92.5 Å². The van der Waals surface area contributed by atoms with Crippen molar-refractivity contribution in [2.24, 2.45) is 0 Å². The van der Waals surface area contributed by atoms with Gasteiger partial charge in [-0.25, -0.2) is 13.1 Å². The zero-order valence-electron chi connectivity index (χ0n) is 12.3. The van der Waals surface area contributed by atoms with Crippen molar-refractivity contribution in [3.05, 3.63) is 11.5 Å². The molecule has 20 heavy (non-hydrogen) atoms. The molecule has 0 aliphatic carbocycles. The molecule has 0 aromatic carbocycles. The van der Waals surface area contributed by atoms with Crippen LogP contribution in [0.15, 0.2) is 9.42 Å². The Hall–Kier alpha value is -1.41. The fourth-order valence-corrected chi connectivity index (χ4v) is 3.04. The molecule has 0 aliphatic rings. The molecule has 1 amide bonds. The number of hydrogen-bond acceptors (Lipinski definition) is 5. The van der Waals surface area contributed by atoms with Gasteiger partial charge in [0.2, 0.25) is 15.9 Å². The maximum atomic E-state index is 12.1. The molecule has 7 nitrogen and oxygen atoms in total. The van der Waals surface area contributed by atoms with Gasteiger partial charge in [-0.15, -0.1) is 0 Å². The van der Waals surface area contributed by atoms with E-state index in [9.17, 15) is 13.2 Å². The van der Waals surface area contributed by atoms with Gasteiger partial charge in [-0.2, -0.15) is 0 Å². The lowest BCUT2D eigenvalue weighted by atomic mass is 10.3. The van der Waals surface area contributed by atoms with E-state index in [1.807, 2.05) is 6.92 Å². The van der Waals surface area contributed by atoms with Crippen molar-refractivity contribution in [2.75, 3.05) is 20.1 Å². The molecule has 1 aromatic heterocycles. The van der Waals surface area contributed by atoms with Crippen LogP contribution in [0.1, 0.15) is 31.2 Å². The van der Waals surface area contributed by atoms with E-state index < -0.39 is 10.0 Å². The number of nitrogens with zero attached hydrogens (tertiary/aromatic N) is 2. The van der Waals surface area contributed by atoms with Gasteiger partial charge in [-0.05, 0) is 20.3 Å². The Morgan fingerprint density at radius 3 is 2.55 bits per heavy atom. The monoisotopic (exact) mass is 303 g/mol. The number of likely N-dealkylation sites (N-methyl/N-ethyl adjacent to an activating group) is 1. The maximum Gasteiger partial charge on any atom is 0.246 e. The van der Waals surface area contributed by atoms with Crippen LogP contribution in [0.25, 0.3) is 0 Å². The van der Waals surface area contributed by atoms with Gasteiger partial charge in [0.25, 0.3) is 0 Å². The molecule has 0 saturated carbocycles. The molecule has 0 bridgehead atoms. The van der Waals surface area contributed by atoms with Crippen molar-refractivity contribution in [3.63, 3.8) is 0 Å². The average Bonchev–Trinajstić information content (AvgIpc) is 2.73. The van der Waals surface area contributed by atoms with E-state index in [0.29, 0.717) is 6.54 Å². The largest absolute Gasteiger partial charge is 0.360 e. The van der Waals surface area contributed by atoms with Crippen LogP contribution in [0.4, 0.5) is 0 Å². The van der Waals surface area contributed by atoms with Gasteiger partial charge in [0, 0.05) is 13.6 Å². The quantitative estimate of drug-likeness (QED) is 0.805. The highest BCUT2D eigenvalue weighted by Crippen LogP contribution is 2.18. The fraction of sp³-hybridized carbons (Fsp3) is 0.667. The van der Waals surface area contributed by atoms with Gasteiger partial charge in [0.05, 0.1) is 6.54 Å². The van der Waals surface area contributed by atoms with Gasteiger partial charge < -0.3 is 9.42 Å². The van der Waals surface area contributed by atoms with Crippen molar-refractivity contribution < 1.29 is 17.7 Å². The van der Waals surface area contributed by atoms with Crippen molar-refractivity contribution in [1.29, 1.82) is 0 Å². The molecule has 0 saturated heterocycles. The Labute approximate surface area is 119 Å². The SMILES string of the molecule is CCCCN(C)C(=O)CNS(=O)(=O)c1c(C)noc1C. The molecule has 0 unspecified atom stereocenters. The number of aryl methyl sites for hydroxylation is 2. The third-order valence-electron chi connectivity index (χ3n) is 2.92. The highest BCUT2D eigenvalue weighted by atomic mass is 32.2. The first-order valence-electron chi connectivity index (χ1n) is 6.46. The second-order valence-corrected chi connectivity index (χ2v) is 6.35. The predicted molar refractivity (Wildman–Crippen MR) is 73.7 cm³/mol. The minimum atomic E-state index is -3.78. The summed E-state index contributed by atoms with van der Waals surface area (Å²) >= 11 is 0. The van der Waals surface area contributed by atoms with Gasteiger partial charge in [-0.3, -0.25) is 4.79 Å². The highest BCUT2D eigenvalue weighted by Gasteiger charge is 2.25. The molecule has 1 aromatic rings. The lowest BCUT2D eigenvalue weighted by Crippen LogP contribution is -2.38. The minimum Gasteiger partial charge on any atom is -0.360 e. The lowest BCUT2D eigenvalue weighted by molar-refractivity contribution is -0.128. The van der Waals surface area contributed by atoms with Crippen LogP contribution in [0, 0.1) is 13.8 Å². The van der Waals surface area contributed by atoms with E-state index in [0.717, 1.165) is 12.8 Å². The van der Waals surface area contributed by atoms with Crippen LogP contribution in [-0.4, -0.2) is 44.5 Å². The summed E-state index contributed by atoms with van der Waals surface area (Å²) in [6, 6.07) is 0. The smallest absolute Gasteiger partial charge is 0.246 e. The maximum absolute atomic E-state index is 12.1. The Balaban J connectivity index is 2.67. The number of hydrogen-bond donors (Lipinski definition) is 1. The number of nitrogens with one attached hydrogen (secondary N) is 1. The fourth-order valence-electron chi connectivity index (χ4n) is 1.74. The second-order valence-electron chi connectivity index (χ2n) is 4.65. The zero-order chi connectivity index (χ0) is 15.3. The number of amides is 1. The van der Waals surface area contributed by atoms with Gasteiger partial charge in [-0.1, -0.05) is 18.5 Å². The standard InChI is InChI=1S/C12H21N3O4S/c1-5-6-7-15(4)11(16)8-13-20(17,18)12-9(2)14-19-10(12)3/h13H,5-8H2,1-4H3. The van der Waals surface area contributed by atoms with Crippen molar-refractivity contribution in [2.45, 2.75) is 38.5 Å². The van der Waals surface area contributed by atoms with E-state index in [-0.39, 0.29) is 28.8 Å². The van der Waals surface area contributed by atoms with Gasteiger partial charge >= 0.3 is 0 Å². The second kappa shape index (κ2) is 6.85. The first kappa shape index (κ1) is 16.6. The molecular weight excluding hydrogens is 282 g/mol. The summed E-state index contributed by atoms with van der Waals surface area (Å²) in [7, 11) is -2.13. The van der Waals surface area contributed by atoms with Crippen LogP contribution in [0.3, 0.4) is 0 Å². The Bertz CT molecular complexity index is 546. The Kier molecular flexibility index (Phi) is 5.70. The first-order valence-corrected chi connectivity index (χ1v) is 7.94. The highest BCUT2D eigenvalue weighted by molar-refractivity contribution is 7.89. The van der Waals surface area contributed by atoms with E-state index in [1.54, 1.807) is 14.0 Å². The summed E-state index contributed by atoms with van der Waals surface area (Å²) in [6.07, 6.45) is 1.86. The molecule has 114 valence electrons. The molecule has 8 heteroatoms. The average molecular weight is 303 g/mol. The first-order chi connectivity index (χ1) is 9.29. The number of rotatable bonds is 7. The van der Waals surface area contributed by atoms with Crippen molar-refractivity contribution >= 4 is 15.9 Å². The summed E-state index contributed by atoms with van der Waals surface area (Å²) in [5, 5.41) is 3.60. The number of unbranched alkanes of at least 4 members (excludes halogenated alkanes) is 1. The van der Waals surface area contributed by atoms with E-state index >= 15 is 0 Å². The van der Waals surface area contributed by atoms with Crippen molar-refractivity contribution in [1.82, 2.24) is 14.8 Å². The van der Waals surface area contributed by atoms with Crippen LogP contribution in [0.2, 0.25) is 0 Å². The third-order valence-corrected chi connectivity index (χ3v) is 4.57. The summed E-state index contributed by atoms with van der Waals surface area (Å²) in [6.45, 7) is 5.43. The summed E-state index contributed by atoms with van der Waals surface area (Å²) in [5.41, 5.74) is 0.279. The van der Waals surface area contributed by atoms with Crippen LogP contribution in [0.5, 0.6) is 0 Å². The minimum absolute atomic E-state index is 0.00140. The number of sulfonamides is 1. The molecule has 1 rings (SSSR count). The third kappa shape index (κ3) is 4.04. The molecular formula is C12H21N3O4S. The molecule has 0 aliphatic heterocycles. The van der Waals surface area contributed by atoms with E-state index in [4.69, 9.17) is 4.52 Å². The molecule has 0 fully saturated rings. The predicted octanol–water partition coefficient (Wildman–Crippen LogP) is 0.828. The Morgan fingerprint density at radius 2 is 2.05 bits per heavy atom. The number of aromatic nitrogens is 1. The lowest BCUT2D eigenvalue weighted by Gasteiger charge is -2.16. The molecule has 0 spiro atoms. The number of carbonyl (C=O) groups is 1. The molecule has 1 N–H and O–H groups in total. The van der Waals surface area contributed by atoms with Crippen LogP contribution in [-0.2, 0) is 14.8 Å².